The topological polar surface area (TPSA) is 158 Å². The fourth-order valence-corrected chi connectivity index (χ4v) is 9.09. The van der Waals surface area contributed by atoms with Crippen molar-refractivity contribution < 1.29 is 33.7 Å². The van der Waals surface area contributed by atoms with E-state index >= 15 is 0 Å². The number of hydrogen-bond donors (Lipinski definition) is 5. The number of aryl methyl sites for hydroxylation is 2. The fourth-order valence-electron chi connectivity index (χ4n) is 6.49. The van der Waals surface area contributed by atoms with Crippen molar-refractivity contribution in [1.29, 1.82) is 0 Å². The number of fused-ring (bicyclic) bond motifs is 1. The minimum absolute atomic E-state index is 0.000840. The summed E-state index contributed by atoms with van der Waals surface area (Å²) in [5.74, 6) is -3.71. The second kappa shape index (κ2) is 15.9. The Hall–Kier alpha value is -4.40. The lowest BCUT2D eigenvalue weighted by Gasteiger charge is -2.31. The molecular weight excluding hydrogens is 617 g/mol. The number of ether oxygens (including phenoxy) is 1. The predicted octanol–water partition coefficient (Wildman–Crippen LogP) is 6.38. The van der Waals surface area contributed by atoms with Gasteiger partial charge in [-0.2, -0.15) is 0 Å². The largest absolute Gasteiger partial charge is 0.480 e. The highest BCUT2D eigenvalue weighted by molar-refractivity contribution is 7.59. The average Bonchev–Trinajstić information content (AvgIpc) is 3.75. The first-order chi connectivity index (χ1) is 22.7. The molecule has 47 heavy (non-hydrogen) atoms. The van der Waals surface area contributed by atoms with Gasteiger partial charge in [-0.15, -0.1) is 0 Å². The summed E-state index contributed by atoms with van der Waals surface area (Å²) in [5.41, 5.74) is 2.86. The molecule has 0 spiro atoms. The van der Waals surface area contributed by atoms with Crippen LogP contribution in [-0.4, -0.2) is 50.4 Å². The molecule has 5 unspecified atom stereocenters. The highest BCUT2D eigenvalue weighted by atomic mass is 31.2. The van der Waals surface area contributed by atoms with Gasteiger partial charge in [-0.05, 0) is 67.7 Å². The number of amides is 2. The van der Waals surface area contributed by atoms with Gasteiger partial charge in [0.2, 0.25) is 13.3 Å². The Labute approximate surface area is 274 Å². The molecule has 3 aromatic carbocycles. The third-order valence-corrected chi connectivity index (χ3v) is 11.9. The van der Waals surface area contributed by atoms with Crippen LogP contribution in [-0.2, 0) is 38.3 Å². The van der Waals surface area contributed by atoms with Crippen LogP contribution in [0.3, 0.4) is 0 Å². The van der Waals surface area contributed by atoms with Crippen LogP contribution in [0.1, 0.15) is 55.2 Å². The zero-order valence-corrected chi connectivity index (χ0v) is 27.1. The molecule has 5 N–H and O–H groups in total. The molecule has 4 aromatic rings. The van der Waals surface area contributed by atoms with E-state index in [0.717, 1.165) is 27.6 Å². The number of para-hydroxylation sites is 1. The van der Waals surface area contributed by atoms with E-state index in [0.29, 0.717) is 38.5 Å². The van der Waals surface area contributed by atoms with E-state index in [1.807, 2.05) is 91.1 Å². The van der Waals surface area contributed by atoms with Gasteiger partial charge in [0, 0.05) is 28.7 Å². The summed E-state index contributed by atoms with van der Waals surface area (Å²) in [4.78, 5) is 53.5. The molecule has 5 rings (SSSR count). The van der Waals surface area contributed by atoms with Gasteiger partial charge in [0.1, 0.15) is 18.4 Å². The first-order valence-corrected chi connectivity index (χ1v) is 17.9. The molecule has 0 aliphatic heterocycles. The Morgan fingerprint density at radius 1 is 0.872 bits per heavy atom. The summed E-state index contributed by atoms with van der Waals surface area (Å²) in [6, 6.07) is 25.3. The fraction of sp³-hybridized carbons (Fsp3) is 0.361. The summed E-state index contributed by atoms with van der Waals surface area (Å²) in [6.07, 6.45) is 4.27. The van der Waals surface area contributed by atoms with Crippen molar-refractivity contribution in [1.82, 2.24) is 15.6 Å². The van der Waals surface area contributed by atoms with E-state index in [4.69, 9.17) is 4.74 Å². The molecule has 11 heteroatoms. The van der Waals surface area contributed by atoms with Crippen LogP contribution in [0.15, 0.2) is 91.1 Å². The third-order valence-electron chi connectivity index (χ3n) is 9.01. The zero-order chi connectivity index (χ0) is 33.2. The molecular formula is C36H42N3O7P. The number of carboxylic acid groups (broad SMARTS) is 1. The second-order valence-electron chi connectivity index (χ2n) is 12.2. The number of aliphatic carboxylic acids is 1. The van der Waals surface area contributed by atoms with Crippen molar-refractivity contribution in [3.63, 3.8) is 0 Å². The molecule has 1 saturated carbocycles. The number of nitrogens with one attached hydrogen (secondary N) is 3. The van der Waals surface area contributed by atoms with Crippen molar-refractivity contribution in [2.24, 2.45) is 5.92 Å². The number of carboxylic acids is 1. The van der Waals surface area contributed by atoms with Gasteiger partial charge < -0.3 is 30.4 Å². The molecule has 5 atom stereocenters. The van der Waals surface area contributed by atoms with Gasteiger partial charge in [0.25, 0.3) is 0 Å². The van der Waals surface area contributed by atoms with Crippen molar-refractivity contribution in [2.75, 3.05) is 0 Å². The molecule has 0 bridgehead atoms. The van der Waals surface area contributed by atoms with Crippen LogP contribution < -0.4 is 10.6 Å². The maximum atomic E-state index is 14.3. The lowest BCUT2D eigenvalue weighted by molar-refractivity contribution is -0.142. The van der Waals surface area contributed by atoms with Gasteiger partial charge in [-0.3, -0.25) is 9.36 Å². The van der Waals surface area contributed by atoms with Crippen molar-refractivity contribution in [3.8, 4) is 0 Å². The normalized spacial score (nSPS) is 18.6. The van der Waals surface area contributed by atoms with Crippen LogP contribution in [0.5, 0.6) is 0 Å². The molecule has 1 aromatic heterocycles. The van der Waals surface area contributed by atoms with E-state index in [2.05, 4.69) is 15.6 Å². The predicted molar refractivity (Wildman–Crippen MR) is 180 cm³/mol. The summed E-state index contributed by atoms with van der Waals surface area (Å²) in [5, 5.41) is 16.3. The standard InChI is InChI=1S/C36H42N3O7P/c40-34(38-31(35(41)42)19-9-15-27-23-37-30-18-8-7-16-28(27)30)29-17-10-20-32(29)47(44,45)33(22-21-25-11-3-1-4-12-25)39-36(43)46-24-26-13-5-2-6-14-26/h1-8,11-14,16,18,23,29,31-33,37H,9-10,15,17,19-22,24H2,(H,38,40)(H,39,43)(H,41,42)(H,44,45). The van der Waals surface area contributed by atoms with Crippen LogP contribution in [0.25, 0.3) is 10.9 Å². The maximum absolute atomic E-state index is 14.3. The smallest absolute Gasteiger partial charge is 0.408 e. The highest BCUT2D eigenvalue weighted by Gasteiger charge is 2.49. The Kier molecular flexibility index (Phi) is 11.5. The number of alkyl carbamates (subject to hydrolysis) is 1. The van der Waals surface area contributed by atoms with E-state index in [1.165, 1.54) is 0 Å². The molecule has 2 amide bonds. The Balaban J connectivity index is 1.24. The summed E-state index contributed by atoms with van der Waals surface area (Å²) in [6.45, 7) is -0.000840. The lowest BCUT2D eigenvalue weighted by Crippen LogP contribution is -2.46. The van der Waals surface area contributed by atoms with E-state index in [1.54, 1.807) is 0 Å². The average molecular weight is 660 g/mol. The molecule has 1 aliphatic rings. The Bertz CT molecular complexity index is 1690. The number of aromatic amines is 1. The van der Waals surface area contributed by atoms with Gasteiger partial charge in [0.15, 0.2) is 0 Å². The molecule has 1 heterocycles. The first kappa shape index (κ1) is 33.9. The minimum Gasteiger partial charge on any atom is -0.480 e. The van der Waals surface area contributed by atoms with E-state index < -0.39 is 48.7 Å². The number of rotatable bonds is 15. The number of hydrogen-bond acceptors (Lipinski definition) is 5. The summed E-state index contributed by atoms with van der Waals surface area (Å²) >= 11 is 0. The number of aromatic nitrogens is 1. The monoisotopic (exact) mass is 659 g/mol. The highest BCUT2D eigenvalue weighted by Crippen LogP contribution is 2.59. The maximum Gasteiger partial charge on any atom is 0.408 e. The van der Waals surface area contributed by atoms with Gasteiger partial charge >= 0.3 is 12.1 Å². The number of carbonyl (C=O) groups is 3. The Morgan fingerprint density at radius 2 is 1.55 bits per heavy atom. The molecule has 248 valence electrons. The van der Waals surface area contributed by atoms with Crippen molar-refractivity contribution in [2.45, 2.75) is 75.5 Å². The minimum atomic E-state index is -4.22. The van der Waals surface area contributed by atoms with Gasteiger partial charge in [-0.1, -0.05) is 85.3 Å². The quantitative estimate of drug-likeness (QED) is 0.0926. The number of benzene rings is 3. The molecule has 0 saturated heterocycles. The molecule has 10 nitrogen and oxygen atoms in total. The number of H-pyrrole nitrogens is 1. The molecule has 1 aliphatic carbocycles. The van der Waals surface area contributed by atoms with Gasteiger partial charge in [0.05, 0.1) is 0 Å². The third kappa shape index (κ3) is 8.90. The van der Waals surface area contributed by atoms with E-state index in [-0.39, 0.29) is 19.4 Å². The van der Waals surface area contributed by atoms with Crippen LogP contribution in [0.2, 0.25) is 0 Å². The van der Waals surface area contributed by atoms with Crippen molar-refractivity contribution in [3.05, 3.63) is 108 Å². The summed E-state index contributed by atoms with van der Waals surface area (Å²) < 4.78 is 19.7. The molecule has 0 radical (unpaired) electrons. The number of carbonyl (C=O) groups excluding carboxylic acids is 2. The van der Waals surface area contributed by atoms with E-state index in [9.17, 15) is 28.9 Å². The first-order valence-electron chi connectivity index (χ1n) is 16.1. The zero-order valence-electron chi connectivity index (χ0n) is 26.2. The Morgan fingerprint density at radius 3 is 2.28 bits per heavy atom. The molecule has 1 fully saturated rings. The van der Waals surface area contributed by atoms with Crippen LogP contribution in [0.4, 0.5) is 4.79 Å². The lowest BCUT2D eigenvalue weighted by atomic mass is 10.0. The summed E-state index contributed by atoms with van der Waals surface area (Å²) in [7, 11) is -4.22. The van der Waals surface area contributed by atoms with Gasteiger partial charge in [-0.25, -0.2) is 9.59 Å². The second-order valence-corrected chi connectivity index (χ2v) is 14.8. The SMILES string of the molecule is O=C(NC(CCc1ccccc1)P(=O)(O)C1CCCC1C(=O)NC(CCCc1c[nH]c2ccccc12)C(=O)O)OCc1ccccc1. The van der Waals surface area contributed by atoms with Crippen LogP contribution >= 0.6 is 7.37 Å². The van der Waals surface area contributed by atoms with Crippen LogP contribution in [0, 0.1) is 5.92 Å². The van der Waals surface area contributed by atoms with Crippen molar-refractivity contribution >= 4 is 36.2 Å².